The molecule has 0 radical (unpaired) electrons. The van der Waals surface area contributed by atoms with Crippen LogP contribution < -0.4 is 5.11 Å². The number of ketones is 1. The molecule has 1 atom stereocenters. The number of carboxylic acid groups (broad SMARTS) is 1. The standard InChI is InChI=1S/C11H20O3/c1-3-4-5-6-10(11(13)14)8-7-9(2)12/h10H,3-8H2,1-2H3,(H,13,14)/p-1/t10-/m1/s1. The molecule has 14 heavy (non-hydrogen) atoms. The Morgan fingerprint density at radius 3 is 2.29 bits per heavy atom. The predicted molar refractivity (Wildman–Crippen MR) is 52.6 cm³/mol. The lowest BCUT2D eigenvalue weighted by atomic mass is 9.95. The number of rotatable bonds is 8. The summed E-state index contributed by atoms with van der Waals surface area (Å²) in [6, 6.07) is 0. The molecule has 0 N–H and O–H groups in total. The van der Waals surface area contributed by atoms with Crippen molar-refractivity contribution in [3.05, 3.63) is 0 Å². The normalized spacial score (nSPS) is 12.4. The molecule has 0 aliphatic carbocycles. The second-order valence-electron chi connectivity index (χ2n) is 3.75. The van der Waals surface area contributed by atoms with Gasteiger partial charge in [-0.3, -0.25) is 0 Å². The molecule has 0 aromatic carbocycles. The smallest absolute Gasteiger partial charge is 0.129 e. The van der Waals surface area contributed by atoms with E-state index in [1.165, 1.54) is 6.92 Å². The lowest BCUT2D eigenvalue weighted by molar-refractivity contribution is -0.312. The van der Waals surface area contributed by atoms with Crippen LogP contribution in [0.25, 0.3) is 0 Å². The third kappa shape index (κ3) is 6.63. The highest BCUT2D eigenvalue weighted by atomic mass is 16.4. The van der Waals surface area contributed by atoms with Gasteiger partial charge >= 0.3 is 0 Å². The fraction of sp³-hybridized carbons (Fsp3) is 0.818. The topological polar surface area (TPSA) is 57.2 Å². The van der Waals surface area contributed by atoms with Crippen LogP contribution in [0, 0.1) is 5.92 Å². The molecule has 0 saturated carbocycles. The summed E-state index contributed by atoms with van der Waals surface area (Å²) in [6.45, 7) is 3.56. The highest BCUT2D eigenvalue weighted by molar-refractivity contribution is 5.76. The van der Waals surface area contributed by atoms with Crippen LogP contribution in [0.1, 0.15) is 52.4 Å². The molecule has 0 spiro atoms. The van der Waals surface area contributed by atoms with E-state index in [-0.39, 0.29) is 5.78 Å². The van der Waals surface area contributed by atoms with Crippen molar-refractivity contribution in [2.75, 3.05) is 0 Å². The van der Waals surface area contributed by atoms with Gasteiger partial charge in [0.25, 0.3) is 0 Å². The third-order valence-corrected chi connectivity index (χ3v) is 2.33. The van der Waals surface area contributed by atoms with Gasteiger partial charge in [-0.1, -0.05) is 26.2 Å². The van der Waals surface area contributed by atoms with Crippen molar-refractivity contribution >= 4 is 11.8 Å². The monoisotopic (exact) mass is 199 g/mol. The van der Waals surface area contributed by atoms with Crippen LogP contribution in [-0.2, 0) is 9.59 Å². The summed E-state index contributed by atoms with van der Waals surface area (Å²) in [5.74, 6) is -1.40. The van der Waals surface area contributed by atoms with Gasteiger partial charge in [0.05, 0.1) is 0 Å². The second-order valence-corrected chi connectivity index (χ2v) is 3.75. The van der Waals surface area contributed by atoms with E-state index in [2.05, 4.69) is 6.92 Å². The van der Waals surface area contributed by atoms with Crippen LogP contribution in [0.15, 0.2) is 0 Å². The Morgan fingerprint density at radius 1 is 1.21 bits per heavy atom. The number of carboxylic acids is 1. The number of carbonyl (C=O) groups excluding carboxylic acids is 2. The number of hydrogen-bond donors (Lipinski definition) is 0. The van der Waals surface area contributed by atoms with Crippen molar-refractivity contribution in [2.45, 2.75) is 52.4 Å². The molecule has 0 bridgehead atoms. The maximum absolute atomic E-state index is 10.7. The van der Waals surface area contributed by atoms with Crippen molar-refractivity contribution in [1.29, 1.82) is 0 Å². The molecule has 0 aromatic heterocycles. The molecule has 0 unspecified atom stereocenters. The van der Waals surface area contributed by atoms with Crippen LogP contribution >= 0.6 is 0 Å². The summed E-state index contributed by atoms with van der Waals surface area (Å²) in [6.07, 6.45) is 4.46. The molecule has 3 nitrogen and oxygen atoms in total. The largest absolute Gasteiger partial charge is 0.550 e. The molecular weight excluding hydrogens is 180 g/mol. The summed E-state index contributed by atoms with van der Waals surface area (Å²) in [7, 11) is 0. The summed E-state index contributed by atoms with van der Waals surface area (Å²) >= 11 is 0. The highest BCUT2D eigenvalue weighted by Gasteiger charge is 2.10. The number of hydrogen-bond acceptors (Lipinski definition) is 3. The first-order chi connectivity index (χ1) is 6.57. The molecule has 0 rings (SSSR count). The Morgan fingerprint density at radius 2 is 1.86 bits per heavy atom. The van der Waals surface area contributed by atoms with Crippen molar-refractivity contribution in [1.82, 2.24) is 0 Å². The van der Waals surface area contributed by atoms with Crippen LogP contribution in [0.4, 0.5) is 0 Å². The van der Waals surface area contributed by atoms with Crippen molar-refractivity contribution in [2.24, 2.45) is 5.92 Å². The van der Waals surface area contributed by atoms with Crippen molar-refractivity contribution < 1.29 is 14.7 Å². The first-order valence-corrected chi connectivity index (χ1v) is 5.28. The Labute approximate surface area is 85.5 Å². The lowest BCUT2D eigenvalue weighted by Crippen LogP contribution is -2.31. The van der Waals surface area contributed by atoms with Gasteiger partial charge < -0.3 is 14.7 Å². The van der Waals surface area contributed by atoms with Gasteiger partial charge in [-0.25, -0.2) is 0 Å². The van der Waals surface area contributed by atoms with E-state index in [1.54, 1.807) is 0 Å². The van der Waals surface area contributed by atoms with E-state index in [1.807, 2.05) is 0 Å². The number of aliphatic carboxylic acids is 1. The molecular formula is C11H19O3-. The van der Waals surface area contributed by atoms with E-state index < -0.39 is 11.9 Å². The van der Waals surface area contributed by atoms with Gasteiger partial charge in [-0.2, -0.15) is 0 Å². The number of unbranched alkanes of at least 4 members (excludes halogenated alkanes) is 2. The van der Waals surface area contributed by atoms with E-state index in [9.17, 15) is 14.7 Å². The molecule has 0 saturated heterocycles. The van der Waals surface area contributed by atoms with Gasteiger partial charge in [-0.15, -0.1) is 0 Å². The minimum absolute atomic E-state index is 0.0479. The zero-order valence-corrected chi connectivity index (χ0v) is 9.04. The lowest BCUT2D eigenvalue weighted by Gasteiger charge is -2.16. The molecule has 0 amide bonds. The Hall–Kier alpha value is -0.860. The molecule has 0 heterocycles. The Kier molecular flexibility index (Phi) is 7.07. The maximum atomic E-state index is 10.7. The quantitative estimate of drug-likeness (QED) is 0.554. The third-order valence-electron chi connectivity index (χ3n) is 2.33. The molecule has 3 heteroatoms. The molecule has 0 fully saturated rings. The predicted octanol–water partition coefficient (Wildman–Crippen LogP) is 1.30. The highest BCUT2D eigenvalue weighted by Crippen LogP contribution is 2.15. The minimum Gasteiger partial charge on any atom is -0.550 e. The SMILES string of the molecule is CCCCC[C@H](CCC(C)=O)C(=O)[O-]. The first-order valence-electron chi connectivity index (χ1n) is 5.28. The maximum Gasteiger partial charge on any atom is 0.129 e. The van der Waals surface area contributed by atoms with Crippen LogP contribution in [0.3, 0.4) is 0 Å². The summed E-state index contributed by atoms with van der Waals surface area (Å²) in [5, 5.41) is 10.7. The van der Waals surface area contributed by atoms with E-state index in [4.69, 9.17) is 0 Å². The fourth-order valence-electron chi connectivity index (χ4n) is 1.40. The summed E-state index contributed by atoms with van der Waals surface area (Å²) < 4.78 is 0. The van der Waals surface area contributed by atoms with Crippen molar-refractivity contribution in [3.63, 3.8) is 0 Å². The van der Waals surface area contributed by atoms with E-state index in [0.717, 1.165) is 19.3 Å². The van der Waals surface area contributed by atoms with Crippen molar-refractivity contribution in [3.8, 4) is 0 Å². The van der Waals surface area contributed by atoms with Gasteiger partial charge in [0.1, 0.15) is 5.78 Å². The first kappa shape index (κ1) is 13.1. The minimum atomic E-state index is -1.01. The summed E-state index contributed by atoms with van der Waals surface area (Å²) in [4.78, 5) is 21.4. The van der Waals surface area contributed by atoms with E-state index in [0.29, 0.717) is 19.3 Å². The zero-order chi connectivity index (χ0) is 11.0. The zero-order valence-electron chi connectivity index (χ0n) is 9.04. The van der Waals surface area contributed by atoms with Crippen LogP contribution in [-0.4, -0.2) is 11.8 Å². The number of Topliss-reactive ketones (excluding diaryl/α,β-unsaturated/α-hetero) is 1. The number of carbonyl (C=O) groups is 2. The molecule has 0 aromatic rings. The second kappa shape index (κ2) is 7.54. The Bertz CT molecular complexity index is 187. The average Bonchev–Trinajstić information content (AvgIpc) is 2.10. The van der Waals surface area contributed by atoms with E-state index >= 15 is 0 Å². The Balaban J connectivity index is 3.78. The molecule has 0 aliphatic rings. The van der Waals surface area contributed by atoms with Crippen LogP contribution in [0.5, 0.6) is 0 Å². The fourth-order valence-corrected chi connectivity index (χ4v) is 1.40. The van der Waals surface area contributed by atoms with Gasteiger partial charge in [0.15, 0.2) is 0 Å². The van der Waals surface area contributed by atoms with Crippen LogP contribution in [0.2, 0.25) is 0 Å². The summed E-state index contributed by atoms with van der Waals surface area (Å²) in [5.41, 5.74) is 0. The van der Waals surface area contributed by atoms with Gasteiger partial charge in [-0.05, 0) is 25.7 Å². The van der Waals surface area contributed by atoms with Gasteiger partial charge in [0.2, 0.25) is 0 Å². The van der Waals surface area contributed by atoms with Gasteiger partial charge in [0, 0.05) is 12.4 Å². The average molecular weight is 199 g/mol. The molecule has 82 valence electrons. The molecule has 0 aliphatic heterocycles.